The maximum atomic E-state index is 6.35. The van der Waals surface area contributed by atoms with E-state index < -0.39 is 0 Å². The highest BCUT2D eigenvalue weighted by Gasteiger charge is 2.59. The van der Waals surface area contributed by atoms with Gasteiger partial charge in [-0.25, -0.2) is 0 Å². The van der Waals surface area contributed by atoms with Crippen molar-refractivity contribution in [3.63, 3.8) is 0 Å². The first kappa shape index (κ1) is 14.4. The lowest BCUT2D eigenvalue weighted by molar-refractivity contribution is 0.100. The predicted molar refractivity (Wildman–Crippen MR) is 86.0 cm³/mol. The van der Waals surface area contributed by atoms with Gasteiger partial charge in [0.25, 0.3) is 0 Å². The third kappa shape index (κ3) is 2.10. The zero-order chi connectivity index (χ0) is 14.5. The fourth-order valence-electron chi connectivity index (χ4n) is 4.88. The standard InChI is InChI=1S/C18H26ClN/c1-12(14-7-5-6-8-15(14)19)20-16-17(2,3)13-9-10-18(16,4)11-13/h5-8,12-13,16,20H,9-11H2,1-4H3/t12-,13+,16?,18-/m1/s1. The number of benzene rings is 1. The lowest BCUT2D eigenvalue weighted by atomic mass is 9.68. The summed E-state index contributed by atoms with van der Waals surface area (Å²) in [6, 6.07) is 9.10. The number of rotatable bonds is 3. The van der Waals surface area contributed by atoms with Crippen molar-refractivity contribution in [2.24, 2.45) is 16.7 Å². The molecular formula is C18H26ClN. The summed E-state index contributed by atoms with van der Waals surface area (Å²) < 4.78 is 0. The molecule has 2 aliphatic carbocycles. The zero-order valence-electron chi connectivity index (χ0n) is 13.0. The Hall–Kier alpha value is -0.530. The lowest BCUT2D eigenvalue weighted by Gasteiger charge is -2.44. The quantitative estimate of drug-likeness (QED) is 0.806. The average molecular weight is 292 g/mol. The van der Waals surface area contributed by atoms with E-state index in [0.29, 0.717) is 22.9 Å². The lowest BCUT2D eigenvalue weighted by Crippen LogP contribution is -2.51. The summed E-state index contributed by atoms with van der Waals surface area (Å²) in [6.07, 6.45) is 4.16. The number of fused-ring (bicyclic) bond motifs is 2. The van der Waals surface area contributed by atoms with Gasteiger partial charge in [0.2, 0.25) is 0 Å². The SMILES string of the molecule is C[C@@H](NC1C(C)(C)[C@H]2CC[C@]1(C)C2)c1ccccc1Cl. The van der Waals surface area contributed by atoms with E-state index >= 15 is 0 Å². The van der Waals surface area contributed by atoms with E-state index in [0.717, 1.165) is 10.9 Å². The van der Waals surface area contributed by atoms with Gasteiger partial charge in [-0.05, 0) is 54.6 Å². The van der Waals surface area contributed by atoms with Gasteiger partial charge in [-0.2, -0.15) is 0 Å². The number of halogens is 1. The van der Waals surface area contributed by atoms with E-state index in [4.69, 9.17) is 11.6 Å². The highest BCUT2D eigenvalue weighted by molar-refractivity contribution is 6.31. The molecular weight excluding hydrogens is 266 g/mol. The third-order valence-corrected chi connectivity index (χ3v) is 6.40. The molecule has 2 aliphatic rings. The van der Waals surface area contributed by atoms with Crippen LogP contribution in [0.3, 0.4) is 0 Å². The van der Waals surface area contributed by atoms with Crippen LogP contribution in [0.2, 0.25) is 5.02 Å². The van der Waals surface area contributed by atoms with Crippen LogP contribution >= 0.6 is 11.6 Å². The molecule has 0 spiro atoms. The summed E-state index contributed by atoms with van der Waals surface area (Å²) in [5.74, 6) is 0.878. The van der Waals surface area contributed by atoms with Crippen molar-refractivity contribution in [2.45, 2.75) is 59.0 Å². The minimum atomic E-state index is 0.309. The fourth-order valence-corrected chi connectivity index (χ4v) is 5.18. The number of hydrogen-bond donors (Lipinski definition) is 1. The Bertz CT molecular complexity index is 505. The van der Waals surface area contributed by atoms with Gasteiger partial charge in [-0.1, -0.05) is 50.6 Å². The molecule has 110 valence electrons. The Labute approximate surface area is 128 Å². The molecule has 1 nitrogen and oxygen atoms in total. The molecule has 2 saturated carbocycles. The molecule has 0 amide bonds. The topological polar surface area (TPSA) is 12.0 Å². The summed E-state index contributed by atoms with van der Waals surface area (Å²) in [5, 5.41) is 4.79. The Morgan fingerprint density at radius 1 is 1.25 bits per heavy atom. The van der Waals surface area contributed by atoms with E-state index in [1.165, 1.54) is 24.8 Å². The molecule has 1 aromatic carbocycles. The van der Waals surface area contributed by atoms with Gasteiger partial charge in [0.1, 0.15) is 0 Å². The zero-order valence-corrected chi connectivity index (χ0v) is 13.8. The fraction of sp³-hybridized carbons (Fsp3) is 0.667. The summed E-state index contributed by atoms with van der Waals surface area (Å²) in [6.45, 7) is 9.60. The van der Waals surface area contributed by atoms with Crippen LogP contribution in [0.15, 0.2) is 24.3 Å². The van der Waals surface area contributed by atoms with E-state index in [1.807, 2.05) is 12.1 Å². The van der Waals surface area contributed by atoms with Crippen LogP contribution in [0.5, 0.6) is 0 Å². The van der Waals surface area contributed by atoms with Crippen LogP contribution in [0.4, 0.5) is 0 Å². The van der Waals surface area contributed by atoms with Crippen LogP contribution in [0.25, 0.3) is 0 Å². The van der Waals surface area contributed by atoms with Crippen molar-refractivity contribution in [3.8, 4) is 0 Å². The minimum Gasteiger partial charge on any atom is -0.306 e. The molecule has 4 atom stereocenters. The molecule has 0 aliphatic heterocycles. The summed E-state index contributed by atoms with van der Waals surface area (Å²) >= 11 is 6.35. The highest BCUT2D eigenvalue weighted by atomic mass is 35.5. The van der Waals surface area contributed by atoms with Crippen LogP contribution in [-0.4, -0.2) is 6.04 Å². The maximum absolute atomic E-state index is 6.35. The van der Waals surface area contributed by atoms with E-state index in [-0.39, 0.29) is 0 Å². The first-order chi connectivity index (χ1) is 9.34. The molecule has 1 aromatic rings. The largest absolute Gasteiger partial charge is 0.306 e. The Balaban J connectivity index is 1.83. The van der Waals surface area contributed by atoms with Gasteiger partial charge < -0.3 is 5.32 Å². The van der Waals surface area contributed by atoms with E-state index in [1.54, 1.807) is 0 Å². The first-order valence-corrected chi connectivity index (χ1v) is 8.23. The second-order valence-corrected chi connectivity index (χ2v) is 8.17. The van der Waals surface area contributed by atoms with Crippen molar-refractivity contribution in [3.05, 3.63) is 34.9 Å². The first-order valence-electron chi connectivity index (χ1n) is 7.85. The van der Waals surface area contributed by atoms with Gasteiger partial charge in [0, 0.05) is 17.1 Å². The van der Waals surface area contributed by atoms with Crippen molar-refractivity contribution < 1.29 is 0 Å². The third-order valence-electron chi connectivity index (χ3n) is 6.06. The maximum Gasteiger partial charge on any atom is 0.0453 e. The van der Waals surface area contributed by atoms with Gasteiger partial charge in [0.15, 0.2) is 0 Å². The number of nitrogens with one attached hydrogen (secondary N) is 1. The minimum absolute atomic E-state index is 0.309. The number of hydrogen-bond acceptors (Lipinski definition) is 1. The van der Waals surface area contributed by atoms with Crippen molar-refractivity contribution in [1.29, 1.82) is 0 Å². The smallest absolute Gasteiger partial charge is 0.0453 e. The van der Waals surface area contributed by atoms with Crippen molar-refractivity contribution in [1.82, 2.24) is 5.32 Å². The van der Waals surface area contributed by atoms with Crippen molar-refractivity contribution in [2.75, 3.05) is 0 Å². The molecule has 2 fully saturated rings. The monoisotopic (exact) mass is 291 g/mol. The second-order valence-electron chi connectivity index (χ2n) is 7.76. The molecule has 20 heavy (non-hydrogen) atoms. The van der Waals surface area contributed by atoms with Gasteiger partial charge in [0.05, 0.1) is 0 Å². The molecule has 0 saturated heterocycles. The molecule has 2 heteroatoms. The Morgan fingerprint density at radius 2 is 1.95 bits per heavy atom. The van der Waals surface area contributed by atoms with Crippen molar-refractivity contribution >= 4 is 11.6 Å². The van der Waals surface area contributed by atoms with E-state index in [9.17, 15) is 0 Å². The Kier molecular flexibility index (Phi) is 3.42. The van der Waals surface area contributed by atoms with E-state index in [2.05, 4.69) is 45.1 Å². The van der Waals surface area contributed by atoms with Crippen LogP contribution in [0, 0.1) is 16.7 Å². The molecule has 1 N–H and O–H groups in total. The summed E-state index contributed by atoms with van der Waals surface area (Å²) in [4.78, 5) is 0. The molecule has 2 bridgehead atoms. The van der Waals surface area contributed by atoms with Crippen LogP contribution in [-0.2, 0) is 0 Å². The molecule has 0 heterocycles. The predicted octanol–water partition coefficient (Wildman–Crippen LogP) is 5.21. The van der Waals surface area contributed by atoms with Crippen LogP contribution < -0.4 is 5.32 Å². The summed E-state index contributed by atoms with van der Waals surface area (Å²) in [5.41, 5.74) is 2.07. The van der Waals surface area contributed by atoms with Crippen LogP contribution in [0.1, 0.15) is 58.6 Å². The Morgan fingerprint density at radius 3 is 2.55 bits per heavy atom. The normalized spacial score (nSPS) is 36.2. The highest BCUT2D eigenvalue weighted by Crippen LogP contribution is 2.62. The van der Waals surface area contributed by atoms with Gasteiger partial charge in [-0.15, -0.1) is 0 Å². The molecule has 0 radical (unpaired) electrons. The summed E-state index contributed by atoms with van der Waals surface area (Å²) in [7, 11) is 0. The van der Waals surface area contributed by atoms with Gasteiger partial charge >= 0.3 is 0 Å². The second kappa shape index (κ2) is 4.74. The molecule has 3 rings (SSSR count). The molecule has 1 unspecified atom stereocenters. The average Bonchev–Trinajstić information content (AvgIpc) is 2.86. The molecule has 0 aromatic heterocycles. The van der Waals surface area contributed by atoms with Gasteiger partial charge in [-0.3, -0.25) is 0 Å².